The molecule has 1 saturated carbocycles. The number of hydrogen-bond acceptors (Lipinski definition) is 4. The Morgan fingerprint density at radius 1 is 1.17 bits per heavy atom. The van der Waals surface area contributed by atoms with Crippen LogP contribution < -0.4 is 4.74 Å². The van der Waals surface area contributed by atoms with Gasteiger partial charge >= 0.3 is 0 Å². The van der Waals surface area contributed by atoms with Crippen molar-refractivity contribution >= 4 is 11.2 Å². The van der Waals surface area contributed by atoms with Crippen molar-refractivity contribution in [3.63, 3.8) is 0 Å². The molecule has 0 N–H and O–H groups in total. The predicted octanol–water partition coefficient (Wildman–Crippen LogP) is 5.84. The number of allylic oxidation sites excluding steroid dienone is 1. The summed E-state index contributed by atoms with van der Waals surface area (Å²) in [7, 11) is 1.68. The number of imidazole rings is 1. The lowest BCUT2D eigenvalue weighted by Gasteiger charge is -2.14. The zero-order chi connectivity index (χ0) is 23.9. The number of rotatable bonds is 5. The predicted molar refractivity (Wildman–Crippen MR) is 130 cm³/mol. The molecule has 6 rings (SSSR count). The topological polar surface area (TPSA) is 59.6 Å². The highest BCUT2D eigenvalue weighted by Gasteiger charge is 2.32. The molecule has 6 heteroatoms. The van der Waals surface area contributed by atoms with Crippen molar-refractivity contribution in [3.05, 3.63) is 106 Å². The number of benzene rings is 2. The third-order valence-electron chi connectivity index (χ3n) is 6.77. The maximum absolute atomic E-state index is 14.1. The van der Waals surface area contributed by atoms with Crippen molar-refractivity contribution in [3.8, 4) is 11.8 Å². The van der Waals surface area contributed by atoms with Crippen molar-refractivity contribution in [2.45, 2.75) is 32.5 Å². The van der Waals surface area contributed by atoms with Crippen LogP contribution in [0.25, 0.3) is 11.2 Å². The SMILES string of the molecule is COCc1nc2ccccn2c1Cc1ccc2c(c1)COc1cc(F)ccc1/C2=C(/C#N)C1CC1. The molecule has 2 aromatic heterocycles. The molecule has 174 valence electrons. The first-order valence-electron chi connectivity index (χ1n) is 11.8. The number of methoxy groups -OCH3 is 1. The van der Waals surface area contributed by atoms with Gasteiger partial charge in [-0.05, 0) is 59.7 Å². The number of fused-ring (bicyclic) bond motifs is 3. The van der Waals surface area contributed by atoms with Gasteiger partial charge in [0.1, 0.15) is 23.8 Å². The van der Waals surface area contributed by atoms with Gasteiger partial charge in [-0.1, -0.05) is 24.3 Å². The van der Waals surface area contributed by atoms with Gasteiger partial charge in [-0.3, -0.25) is 0 Å². The molecule has 4 aromatic rings. The first-order chi connectivity index (χ1) is 17.2. The maximum atomic E-state index is 14.1. The molecule has 0 unspecified atom stereocenters. The van der Waals surface area contributed by atoms with Crippen molar-refractivity contribution < 1.29 is 13.9 Å². The van der Waals surface area contributed by atoms with E-state index in [0.29, 0.717) is 25.4 Å². The first-order valence-corrected chi connectivity index (χ1v) is 11.8. The van der Waals surface area contributed by atoms with Gasteiger partial charge in [0, 0.05) is 42.5 Å². The van der Waals surface area contributed by atoms with Crippen LogP contribution in [-0.2, 0) is 24.4 Å². The monoisotopic (exact) mass is 465 g/mol. The number of aromatic nitrogens is 2. The largest absolute Gasteiger partial charge is 0.488 e. The van der Waals surface area contributed by atoms with Gasteiger partial charge in [0.2, 0.25) is 0 Å². The van der Waals surface area contributed by atoms with Crippen molar-refractivity contribution in [2.75, 3.05) is 7.11 Å². The van der Waals surface area contributed by atoms with Crippen LogP contribution in [0.3, 0.4) is 0 Å². The summed E-state index contributed by atoms with van der Waals surface area (Å²) < 4.78 is 27.6. The van der Waals surface area contributed by atoms with Crippen LogP contribution in [0.5, 0.6) is 5.75 Å². The molecular weight excluding hydrogens is 441 g/mol. The molecule has 1 aliphatic carbocycles. The fourth-order valence-electron chi connectivity index (χ4n) is 4.98. The van der Waals surface area contributed by atoms with E-state index in [2.05, 4.69) is 28.7 Å². The molecule has 0 saturated heterocycles. The maximum Gasteiger partial charge on any atom is 0.137 e. The van der Waals surface area contributed by atoms with Crippen LogP contribution in [0.2, 0.25) is 0 Å². The summed E-state index contributed by atoms with van der Waals surface area (Å²) in [6.45, 7) is 0.746. The van der Waals surface area contributed by atoms with Gasteiger partial charge in [-0.2, -0.15) is 5.26 Å². The van der Waals surface area contributed by atoms with Crippen molar-refractivity contribution in [1.29, 1.82) is 5.26 Å². The molecule has 0 radical (unpaired) electrons. The standard InChI is InChI=1S/C29H24FN3O2/c1-34-17-25-26(33-11-3-2-4-28(33)32-25)13-18-5-9-22-20(12-18)16-35-27-14-21(30)8-10-23(27)29(22)24(15-31)19-6-7-19/h2-5,8-12,14,19H,6-7,13,16-17H2,1H3/b29-24-. The average Bonchev–Trinajstić information content (AvgIpc) is 3.67. The molecule has 0 spiro atoms. The van der Waals surface area contributed by atoms with Gasteiger partial charge in [-0.25, -0.2) is 9.37 Å². The Kier molecular flexibility index (Phi) is 5.35. The highest BCUT2D eigenvalue weighted by Crippen LogP contribution is 2.46. The van der Waals surface area contributed by atoms with E-state index in [4.69, 9.17) is 14.5 Å². The summed E-state index contributed by atoms with van der Waals surface area (Å²) in [4.78, 5) is 4.74. The van der Waals surface area contributed by atoms with E-state index in [1.807, 2.05) is 24.4 Å². The summed E-state index contributed by atoms with van der Waals surface area (Å²) in [5, 5.41) is 10.0. The minimum absolute atomic E-state index is 0.258. The molecule has 3 heterocycles. The number of pyridine rings is 1. The highest BCUT2D eigenvalue weighted by molar-refractivity contribution is 5.89. The Labute approximate surface area is 203 Å². The average molecular weight is 466 g/mol. The van der Waals surface area contributed by atoms with Crippen LogP contribution in [0.15, 0.2) is 66.4 Å². The first kappa shape index (κ1) is 21.6. The van der Waals surface area contributed by atoms with Crippen LogP contribution in [0.4, 0.5) is 4.39 Å². The zero-order valence-corrected chi connectivity index (χ0v) is 19.4. The summed E-state index contributed by atoms with van der Waals surface area (Å²) in [5.41, 5.74) is 8.38. The second-order valence-electron chi connectivity index (χ2n) is 9.14. The Morgan fingerprint density at radius 2 is 2.03 bits per heavy atom. The summed E-state index contributed by atoms with van der Waals surface area (Å²) >= 11 is 0. The molecule has 2 aromatic carbocycles. The van der Waals surface area contributed by atoms with Crippen molar-refractivity contribution in [2.24, 2.45) is 5.92 Å². The van der Waals surface area contributed by atoms with E-state index < -0.39 is 0 Å². The fourth-order valence-corrected chi connectivity index (χ4v) is 4.98. The number of ether oxygens (including phenoxy) is 2. The summed E-state index contributed by atoms with van der Waals surface area (Å²) in [6, 6.07) is 19.3. The highest BCUT2D eigenvalue weighted by atomic mass is 19.1. The normalized spacial score (nSPS) is 16.1. The van der Waals surface area contributed by atoms with E-state index in [9.17, 15) is 9.65 Å². The van der Waals surface area contributed by atoms with Gasteiger partial charge in [0.05, 0.1) is 24.1 Å². The molecule has 1 fully saturated rings. The van der Waals surface area contributed by atoms with Gasteiger partial charge in [0.15, 0.2) is 0 Å². The minimum atomic E-state index is -0.349. The number of nitrogens with zero attached hydrogens (tertiary/aromatic N) is 3. The number of nitriles is 1. The van der Waals surface area contributed by atoms with Gasteiger partial charge in [0.25, 0.3) is 0 Å². The summed E-state index contributed by atoms with van der Waals surface area (Å²) in [6.07, 6.45) is 4.71. The molecule has 1 aliphatic heterocycles. The Morgan fingerprint density at radius 3 is 2.83 bits per heavy atom. The molecule has 0 amide bonds. The van der Waals surface area contributed by atoms with Crippen LogP contribution >= 0.6 is 0 Å². The molecule has 2 aliphatic rings. The molecule has 35 heavy (non-hydrogen) atoms. The quantitative estimate of drug-likeness (QED) is 0.348. The summed E-state index contributed by atoms with van der Waals surface area (Å²) in [5.74, 6) is 0.390. The number of halogens is 1. The van der Waals surface area contributed by atoms with Crippen LogP contribution in [0, 0.1) is 23.1 Å². The second-order valence-corrected chi connectivity index (χ2v) is 9.14. The van der Waals surface area contributed by atoms with Crippen LogP contribution in [-0.4, -0.2) is 16.5 Å². The Bertz CT molecular complexity index is 1520. The lowest BCUT2D eigenvalue weighted by molar-refractivity contribution is 0.181. The lowest BCUT2D eigenvalue weighted by Crippen LogP contribution is -2.03. The Hall–Kier alpha value is -3.95. The second kappa shape index (κ2) is 8.68. The van der Waals surface area contributed by atoms with Crippen molar-refractivity contribution in [1.82, 2.24) is 9.38 Å². The van der Waals surface area contributed by atoms with Crippen LogP contribution in [0.1, 0.15) is 46.5 Å². The van der Waals surface area contributed by atoms with E-state index >= 15 is 0 Å². The molecule has 0 bridgehead atoms. The molecular formula is C29H24FN3O2. The zero-order valence-electron chi connectivity index (χ0n) is 19.4. The van der Waals surface area contributed by atoms with E-state index in [1.54, 1.807) is 13.2 Å². The van der Waals surface area contributed by atoms with Gasteiger partial charge < -0.3 is 13.9 Å². The minimum Gasteiger partial charge on any atom is -0.488 e. The fraction of sp³-hybridized carbons (Fsp3) is 0.241. The molecule has 5 nitrogen and oxygen atoms in total. The van der Waals surface area contributed by atoms with E-state index in [1.165, 1.54) is 12.1 Å². The Balaban J connectivity index is 1.46. The smallest absolute Gasteiger partial charge is 0.137 e. The van der Waals surface area contributed by atoms with Gasteiger partial charge in [-0.15, -0.1) is 0 Å². The third kappa shape index (κ3) is 3.88. The lowest BCUT2D eigenvalue weighted by atomic mass is 9.88. The molecule has 0 atom stereocenters. The van der Waals surface area contributed by atoms with E-state index in [-0.39, 0.29) is 11.7 Å². The number of hydrogen-bond donors (Lipinski definition) is 0. The third-order valence-corrected chi connectivity index (χ3v) is 6.77. The van der Waals surface area contributed by atoms with E-state index in [0.717, 1.165) is 63.3 Å².